The molecular formula is C13H17N3S. The van der Waals surface area contributed by atoms with Gasteiger partial charge < -0.3 is 5.73 Å². The fraction of sp³-hybridized carbons (Fsp3) is 0.462. The number of fused-ring (bicyclic) bond motifs is 1. The Hall–Kier alpha value is -0.970. The summed E-state index contributed by atoms with van der Waals surface area (Å²) in [6.07, 6.45) is 1.17. The molecule has 0 bridgehead atoms. The van der Waals surface area contributed by atoms with E-state index >= 15 is 0 Å². The van der Waals surface area contributed by atoms with Gasteiger partial charge in [-0.3, -0.25) is 4.90 Å². The molecule has 1 saturated heterocycles. The molecule has 2 heterocycles. The first-order chi connectivity index (χ1) is 8.28. The average molecular weight is 247 g/mol. The van der Waals surface area contributed by atoms with Crippen molar-refractivity contribution in [2.75, 3.05) is 20.1 Å². The minimum atomic E-state index is 0.509. The van der Waals surface area contributed by atoms with Gasteiger partial charge in [-0.25, -0.2) is 4.98 Å². The van der Waals surface area contributed by atoms with Crippen molar-refractivity contribution in [3.05, 3.63) is 29.3 Å². The first-order valence-corrected chi connectivity index (χ1v) is 6.89. The molecule has 2 unspecified atom stereocenters. The maximum atomic E-state index is 5.77. The van der Waals surface area contributed by atoms with Gasteiger partial charge in [-0.1, -0.05) is 6.07 Å². The van der Waals surface area contributed by atoms with Gasteiger partial charge in [0.05, 0.1) is 15.7 Å². The Morgan fingerprint density at radius 2 is 2.41 bits per heavy atom. The van der Waals surface area contributed by atoms with Crippen molar-refractivity contribution in [3.63, 3.8) is 0 Å². The zero-order chi connectivity index (χ0) is 11.8. The number of likely N-dealkylation sites (tertiary alicyclic amines) is 1. The highest BCUT2D eigenvalue weighted by atomic mass is 32.1. The van der Waals surface area contributed by atoms with Crippen molar-refractivity contribution < 1.29 is 0 Å². The van der Waals surface area contributed by atoms with Gasteiger partial charge in [0.2, 0.25) is 0 Å². The molecule has 0 radical (unpaired) electrons. The molecule has 17 heavy (non-hydrogen) atoms. The zero-order valence-electron chi connectivity index (χ0n) is 9.97. The van der Waals surface area contributed by atoms with Crippen LogP contribution in [0.15, 0.2) is 23.7 Å². The van der Waals surface area contributed by atoms with Crippen molar-refractivity contribution in [1.82, 2.24) is 9.88 Å². The van der Waals surface area contributed by atoms with E-state index in [-0.39, 0.29) is 0 Å². The van der Waals surface area contributed by atoms with Crippen LogP contribution in [0.25, 0.3) is 10.2 Å². The lowest BCUT2D eigenvalue weighted by molar-refractivity contribution is 0.314. The van der Waals surface area contributed by atoms with E-state index in [1.165, 1.54) is 16.7 Å². The van der Waals surface area contributed by atoms with Crippen LogP contribution in [-0.2, 0) is 0 Å². The first kappa shape index (κ1) is 11.1. The highest BCUT2D eigenvalue weighted by Gasteiger charge is 2.29. The summed E-state index contributed by atoms with van der Waals surface area (Å²) in [5, 5.41) is 0. The van der Waals surface area contributed by atoms with Gasteiger partial charge in [-0.2, -0.15) is 0 Å². The van der Waals surface area contributed by atoms with Crippen LogP contribution in [0.2, 0.25) is 0 Å². The van der Waals surface area contributed by atoms with Gasteiger partial charge in [-0.05, 0) is 43.6 Å². The molecule has 0 spiro atoms. The number of nitrogens with two attached hydrogens (primary N) is 1. The summed E-state index contributed by atoms with van der Waals surface area (Å²) >= 11 is 1.70. The quantitative estimate of drug-likeness (QED) is 0.885. The molecule has 0 saturated carbocycles. The summed E-state index contributed by atoms with van der Waals surface area (Å²) in [5.74, 6) is 0.635. The van der Waals surface area contributed by atoms with Crippen molar-refractivity contribution >= 4 is 21.6 Å². The van der Waals surface area contributed by atoms with Crippen LogP contribution in [0, 0.1) is 5.92 Å². The fourth-order valence-electron chi connectivity index (χ4n) is 2.75. The molecule has 0 aliphatic carbocycles. The minimum absolute atomic E-state index is 0.509. The van der Waals surface area contributed by atoms with Crippen molar-refractivity contribution in [3.8, 4) is 0 Å². The highest BCUT2D eigenvalue weighted by Crippen LogP contribution is 2.35. The summed E-state index contributed by atoms with van der Waals surface area (Å²) < 4.78 is 1.27. The lowest BCUT2D eigenvalue weighted by Gasteiger charge is -2.19. The fourth-order valence-corrected chi connectivity index (χ4v) is 3.41. The SMILES string of the molecule is CN1CC(CN)CC1c1ccc2scnc2c1. The number of benzene rings is 1. The van der Waals surface area contributed by atoms with Gasteiger partial charge in [0.15, 0.2) is 0 Å². The molecule has 2 N–H and O–H groups in total. The topological polar surface area (TPSA) is 42.1 Å². The Balaban J connectivity index is 1.92. The third-order valence-electron chi connectivity index (χ3n) is 3.71. The molecule has 1 aliphatic rings. The molecule has 90 valence electrons. The molecule has 1 fully saturated rings. The summed E-state index contributed by atoms with van der Waals surface area (Å²) in [6.45, 7) is 1.90. The summed E-state index contributed by atoms with van der Waals surface area (Å²) in [5.41, 5.74) is 10.2. The molecule has 4 heteroatoms. The Labute approximate surface area is 105 Å². The van der Waals surface area contributed by atoms with E-state index in [4.69, 9.17) is 5.73 Å². The second kappa shape index (κ2) is 4.37. The average Bonchev–Trinajstić information content (AvgIpc) is 2.93. The van der Waals surface area contributed by atoms with E-state index in [0.29, 0.717) is 12.0 Å². The van der Waals surface area contributed by atoms with E-state index < -0.39 is 0 Å². The number of hydrogen-bond donors (Lipinski definition) is 1. The molecule has 1 aromatic carbocycles. The second-order valence-corrected chi connectivity index (χ2v) is 5.76. The summed E-state index contributed by atoms with van der Waals surface area (Å²) in [6, 6.07) is 7.16. The molecular weight excluding hydrogens is 230 g/mol. The van der Waals surface area contributed by atoms with Gasteiger partial charge in [0.25, 0.3) is 0 Å². The zero-order valence-corrected chi connectivity index (χ0v) is 10.8. The van der Waals surface area contributed by atoms with E-state index in [0.717, 1.165) is 18.6 Å². The predicted molar refractivity (Wildman–Crippen MR) is 72.2 cm³/mol. The van der Waals surface area contributed by atoms with Gasteiger partial charge in [0.1, 0.15) is 0 Å². The minimum Gasteiger partial charge on any atom is -0.330 e. The molecule has 2 atom stereocenters. The number of aromatic nitrogens is 1. The Kier molecular flexibility index (Phi) is 2.86. The van der Waals surface area contributed by atoms with Crippen LogP contribution in [0.1, 0.15) is 18.0 Å². The highest BCUT2D eigenvalue weighted by molar-refractivity contribution is 7.16. The van der Waals surface area contributed by atoms with E-state index in [9.17, 15) is 0 Å². The van der Waals surface area contributed by atoms with Crippen molar-refractivity contribution in [1.29, 1.82) is 0 Å². The largest absolute Gasteiger partial charge is 0.330 e. The number of nitrogens with zero attached hydrogens (tertiary/aromatic N) is 2. The van der Waals surface area contributed by atoms with E-state index in [1.807, 2.05) is 5.51 Å². The lowest BCUT2D eigenvalue weighted by Crippen LogP contribution is -2.20. The smallest absolute Gasteiger partial charge is 0.0815 e. The van der Waals surface area contributed by atoms with Gasteiger partial charge in [-0.15, -0.1) is 11.3 Å². The van der Waals surface area contributed by atoms with Gasteiger partial charge >= 0.3 is 0 Å². The third-order valence-corrected chi connectivity index (χ3v) is 4.52. The standard InChI is InChI=1S/C13H17N3S/c1-16-7-9(6-14)4-12(16)10-2-3-13-11(5-10)15-8-17-13/h2-3,5,8-9,12H,4,6-7,14H2,1H3. The Morgan fingerprint density at radius 3 is 3.18 bits per heavy atom. The van der Waals surface area contributed by atoms with E-state index in [1.54, 1.807) is 11.3 Å². The molecule has 0 amide bonds. The molecule has 1 aromatic heterocycles. The number of hydrogen-bond acceptors (Lipinski definition) is 4. The van der Waals surface area contributed by atoms with Crippen LogP contribution in [0.3, 0.4) is 0 Å². The van der Waals surface area contributed by atoms with Crippen LogP contribution in [0.4, 0.5) is 0 Å². The predicted octanol–water partition coefficient (Wildman–Crippen LogP) is 2.25. The third kappa shape index (κ3) is 1.97. The Bertz CT molecular complexity index is 522. The normalized spacial score (nSPS) is 25.8. The van der Waals surface area contributed by atoms with Gasteiger partial charge in [0, 0.05) is 12.6 Å². The van der Waals surface area contributed by atoms with Crippen molar-refractivity contribution in [2.45, 2.75) is 12.5 Å². The Morgan fingerprint density at radius 1 is 1.53 bits per heavy atom. The monoisotopic (exact) mass is 247 g/mol. The van der Waals surface area contributed by atoms with Crippen LogP contribution < -0.4 is 5.73 Å². The number of thiazole rings is 1. The molecule has 1 aliphatic heterocycles. The second-order valence-electron chi connectivity index (χ2n) is 4.87. The summed E-state index contributed by atoms with van der Waals surface area (Å²) in [7, 11) is 2.19. The molecule has 3 nitrogen and oxygen atoms in total. The number of rotatable bonds is 2. The van der Waals surface area contributed by atoms with Crippen LogP contribution >= 0.6 is 11.3 Å². The molecule has 3 rings (SSSR count). The summed E-state index contributed by atoms with van der Waals surface area (Å²) in [4.78, 5) is 6.80. The maximum Gasteiger partial charge on any atom is 0.0815 e. The molecule has 2 aromatic rings. The van der Waals surface area contributed by atoms with E-state index in [2.05, 4.69) is 35.1 Å². The van der Waals surface area contributed by atoms with Crippen molar-refractivity contribution in [2.24, 2.45) is 11.7 Å². The van der Waals surface area contributed by atoms with Crippen LogP contribution in [0.5, 0.6) is 0 Å². The first-order valence-electron chi connectivity index (χ1n) is 6.01. The lowest BCUT2D eigenvalue weighted by atomic mass is 10.00. The van der Waals surface area contributed by atoms with Crippen LogP contribution in [-0.4, -0.2) is 30.0 Å². The maximum absolute atomic E-state index is 5.77.